The zero-order valence-electron chi connectivity index (χ0n) is 15.5. The van der Waals surface area contributed by atoms with Crippen LogP contribution in [0, 0.1) is 0 Å². The Morgan fingerprint density at radius 2 is 1.73 bits per heavy atom. The maximum Gasteiger partial charge on any atom is 0.321 e. The lowest BCUT2D eigenvalue weighted by molar-refractivity contribution is -0.0621. The first kappa shape index (κ1) is 22.0. The zero-order valence-corrected chi connectivity index (χ0v) is 17.2. The van der Waals surface area contributed by atoms with Gasteiger partial charge in [0.2, 0.25) is 0 Å². The minimum Gasteiger partial charge on any atom is -0.350 e. The summed E-state index contributed by atoms with van der Waals surface area (Å²) in [6, 6.07) is 8.63. The van der Waals surface area contributed by atoms with Crippen LogP contribution in [0.5, 0.6) is 0 Å². The topological polar surface area (TPSA) is 68.2 Å². The van der Waals surface area contributed by atoms with Crippen molar-refractivity contribution in [2.75, 3.05) is 13.2 Å². The minimum absolute atomic E-state index is 0.0397. The van der Waals surface area contributed by atoms with Gasteiger partial charge in [-0.2, -0.15) is 0 Å². The van der Waals surface area contributed by atoms with Gasteiger partial charge in [0.1, 0.15) is 6.10 Å². The Balaban J connectivity index is 1.65. The number of benzene rings is 1. The van der Waals surface area contributed by atoms with E-state index in [9.17, 15) is 0 Å². The third kappa shape index (κ3) is 9.05. The van der Waals surface area contributed by atoms with Crippen LogP contribution in [0.25, 0.3) is 0 Å². The van der Waals surface area contributed by atoms with E-state index >= 15 is 0 Å². The van der Waals surface area contributed by atoms with Gasteiger partial charge in [-0.1, -0.05) is 63.3 Å². The standard InChI is InChI=1S/C19H31O5PS/c1-2-3-4-5-6-7-8-16-9-11-17(12-10-16)13-19-22-14-18(24-19)15-23-25(20,21)26/h9-12,18-19H,2-8,13-15H2,1H3,(H2,20,21,26). The van der Waals surface area contributed by atoms with Gasteiger partial charge in [-0.3, -0.25) is 0 Å². The van der Waals surface area contributed by atoms with E-state index in [-0.39, 0.29) is 19.0 Å². The van der Waals surface area contributed by atoms with Crippen molar-refractivity contribution >= 4 is 18.5 Å². The lowest BCUT2D eigenvalue weighted by atomic mass is 10.0. The molecule has 148 valence electrons. The first-order valence-corrected chi connectivity index (χ1v) is 12.1. The van der Waals surface area contributed by atoms with Crippen LogP contribution in [0.3, 0.4) is 0 Å². The largest absolute Gasteiger partial charge is 0.350 e. The van der Waals surface area contributed by atoms with Crippen molar-refractivity contribution in [2.24, 2.45) is 0 Å². The van der Waals surface area contributed by atoms with E-state index < -0.39 is 6.72 Å². The molecule has 0 aromatic heterocycles. The predicted octanol–water partition coefficient (Wildman–Crippen LogP) is 4.10. The lowest BCUT2D eigenvalue weighted by Gasteiger charge is -2.13. The van der Waals surface area contributed by atoms with Crippen molar-refractivity contribution in [3.63, 3.8) is 0 Å². The van der Waals surface area contributed by atoms with Crippen molar-refractivity contribution in [2.45, 2.75) is 70.7 Å². The number of hydrogen-bond acceptors (Lipinski definition) is 4. The molecule has 7 heteroatoms. The molecule has 0 radical (unpaired) electrons. The Labute approximate surface area is 161 Å². The van der Waals surface area contributed by atoms with E-state index in [2.05, 4.69) is 43.0 Å². The molecule has 1 aromatic carbocycles. The highest BCUT2D eigenvalue weighted by Gasteiger charge is 2.27. The maximum absolute atomic E-state index is 9.08. The second kappa shape index (κ2) is 11.5. The van der Waals surface area contributed by atoms with Crippen molar-refractivity contribution in [1.82, 2.24) is 0 Å². The third-order valence-electron chi connectivity index (χ3n) is 4.49. The highest BCUT2D eigenvalue weighted by molar-refractivity contribution is 8.06. The quantitative estimate of drug-likeness (QED) is 0.405. The molecule has 0 spiro atoms. The van der Waals surface area contributed by atoms with Gasteiger partial charge in [0, 0.05) is 6.42 Å². The Morgan fingerprint density at radius 3 is 2.42 bits per heavy atom. The van der Waals surface area contributed by atoms with Gasteiger partial charge in [0.25, 0.3) is 0 Å². The van der Waals surface area contributed by atoms with Crippen molar-refractivity contribution in [3.05, 3.63) is 35.4 Å². The number of aryl methyl sites for hydroxylation is 1. The number of rotatable bonds is 12. The average Bonchev–Trinajstić information content (AvgIpc) is 3.04. The van der Waals surface area contributed by atoms with Crippen LogP contribution in [0.4, 0.5) is 0 Å². The molecule has 1 aliphatic rings. The van der Waals surface area contributed by atoms with E-state index in [4.69, 9.17) is 23.8 Å². The molecule has 2 unspecified atom stereocenters. The Bertz CT molecular complexity index is 560. The Hall–Kier alpha value is -0.330. The molecule has 0 aliphatic carbocycles. The van der Waals surface area contributed by atoms with Crippen molar-refractivity contribution < 1.29 is 23.8 Å². The fourth-order valence-corrected chi connectivity index (χ4v) is 3.57. The second-order valence-electron chi connectivity index (χ2n) is 6.85. The normalized spacial score (nSPS) is 20.6. The second-order valence-corrected chi connectivity index (χ2v) is 9.51. The molecule has 2 atom stereocenters. The van der Waals surface area contributed by atoms with E-state index in [1.165, 1.54) is 44.1 Å². The van der Waals surface area contributed by atoms with Crippen LogP contribution < -0.4 is 0 Å². The van der Waals surface area contributed by atoms with Crippen LogP contribution >= 0.6 is 6.72 Å². The zero-order chi connectivity index (χ0) is 18.8. The molecule has 2 rings (SSSR count). The minimum atomic E-state index is -3.63. The highest BCUT2D eigenvalue weighted by atomic mass is 32.5. The SMILES string of the molecule is CCCCCCCCc1ccc(CC2OCC(COP(O)(O)=S)O2)cc1. The van der Waals surface area contributed by atoms with Crippen molar-refractivity contribution in [1.29, 1.82) is 0 Å². The van der Waals surface area contributed by atoms with Crippen LogP contribution in [0.15, 0.2) is 24.3 Å². The molecule has 1 aliphatic heterocycles. The third-order valence-corrected chi connectivity index (χ3v) is 5.29. The molecule has 1 heterocycles. The van der Waals surface area contributed by atoms with Crippen LogP contribution in [-0.2, 0) is 38.6 Å². The van der Waals surface area contributed by atoms with Crippen LogP contribution in [0.1, 0.15) is 56.6 Å². The summed E-state index contributed by atoms with van der Waals surface area (Å²) in [5.41, 5.74) is 2.54. The van der Waals surface area contributed by atoms with E-state index in [1.807, 2.05) is 0 Å². The smallest absolute Gasteiger partial charge is 0.321 e. The number of hydrogen-bond donors (Lipinski definition) is 2. The van der Waals surface area contributed by atoms with Gasteiger partial charge < -0.3 is 23.8 Å². The Kier molecular flexibility index (Phi) is 9.71. The summed E-state index contributed by atoms with van der Waals surface area (Å²) in [7, 11) is 0. The first-order valence-electron chi connectivity index (χ1n) is 9.51. The number of unbranched alkanes of at least 4 members (excludes halogenated alkanes) is 5. The van der Waals surface area contributed by atoms with Gasteiger partial charge in [0.15, 0.2) is 6.29 Å². The molecule has 1 saturated heterocycles. The van der Waals surface area contributed by atoms with Gasteiger partial charge in [-0.25, -0.2) is 0 Å². The average molecular weight is 402 g/mol. The molecule has 0 saturated carbocycles. The molecular weight excluding hydrogens is 371 g/mol. The first-order chi connectivity index (χ1) is 12.5. The van der Waals surface area contributed by atoms with E-state index in [0.717, 1.165) is 12.0 Å². The summed E-state index contributed by atoms with van der Waals surface area (Å²) in [5, 5.41) is 0. The van der Waals surface area contributed by atoms with Gasteiger partial charge in [0.05, 0.1) is 13.2 Å². The molecule has 0 amide bonds. The number of ether oxygens (including phenoxy) is 2. The predicted molar refractivity (Wildman–Crippen MR) is 107 cm³/mol. The molecule has 2 N–H and O–H groups in total. The lowest BCUT2D eigenvalue weighted by Crippen LogP contribution is -2.19. The fraction of sp³-hybridized carbons (Fsp3) is 0.684. The summed E-state index contributed by atoms with van der Waals surface area (Å²) >= 11 is 4.43. The van der Waals surface area contributed by atoms with Crippen molar-refractivity contribution in [3.8, 4) is 0 Å². The molecule has 1 fully saturated rings. The summed E-state index contributed by atoms with van der Waals surface area (Å²) in [4.78, 5) is 18.2. The molecule has 0 bridgehead atoms. The maximum atomic E-state index is 9.08. The monoisotopic (exact) mass is 402 g/mol. The van der Waals surface area contributed by atoms with Gasteiger partial charge in [-0.05, 0) is 35.8 Å². The highest BCUT2D eigenvalue weighted by Crippen LogP contribution is 2.37. The van der Waals surface area contributed by atoms with E-state index in [0.29, 0.717) is 13.0 Å². The molecule has 5 nitrogen and oxygen atoms in total. The van der Waals surface area contributed by atoms with E-state index in [1.54, 1.807) is 0 Å². The summed E-state index contributed by atoms with van der Waals surface area (Å²) in [6.07, 6.45) is 9.06. The van der Waals surface area contributed by atoms with Gasteiger partial charge >= 0.3 is 6.72 Å². The molecule has 26 heavy (non-hydrogen) atoms. The van der Waals surface area contributed by atoms with Gasteiger partial charge in [-0.15, -0.1) is 0 Å². The summed E-state index contributed by atoms with van der Waals surface area (Å²) in [5.74, 6) is 0. The van der Waals surface area contributed by atoms with Crippen LogP contribution in [-0.4, -0.2) is 35.4 Å². The molecular formula is C19H31O5PS. The molecule has 1 aromatic rings. The summed E-state index contributed by atoms with van der Waals surface area (Å²) in [6.45, 7) is -0.975. The van der Waals surface area contributed by atoms with Crippen LogP contribution in [0.2, 0.25) is 0 Å². The fourth-order valence-electron chi connectivity index (χ4n) is 3.03. The summed E-state index contributed by atoms with van der Waals surface area (Å²) < 4.78 is 16.1. The Morgan fingerprint density at radius 1 is 1.08 bits per heavy atom.